The van der Waals surface area contributed by atoms with Crippen LogP contribution < -0.4 is 0 Å². The molecule has 2 unspecified atom stereocenters. The van der Waals surface area contributed by atoms with E-state index in [1.807, 2.05) is 0 Å². The second kappa shape index (κ2) is 4.58. The third-order valence-corrected chi connectivity index (χ3v) is 2.78. The van der Waals surface area contributed by atoms with E-state index < -0.39 is 0 Å². The van der Waals surface area contributed by atoms with E-state index in [9.17, 15) is 0 Å². The molecule has 0 radical (unpaired) electrons. The van der Waals surface area contributed by atoms with Crippen molar-refractivity contribution >= 4 is 0 Å². The molecule has 0 heteroatoms. The van der Waals surface area contributed by atoms with Gasteiger partial charge in [0.2, 0.25) is 0 Å². The van der Waals surface area contributed by atoms with Crippen molar-refractivity contribution in [1.82, 2.24) is 0 Å². The zero-order chi connectivity index (χ0) is 8.10. The van der Waals surface area contributed by atoms with Gasteiger partial charge in [0.25, 0.3) is 0 Å². The summed E-state index contributed by atoms with van der Waals surface area (Å²) in [5, 5.41) is 0. The molecule has 0 aromatic heterocycles. The molecule has 0 aromatic rings. The maximum absolute atomic E-state index is 2.39. The van der Waals surface area contributed by atoms with Crippen LogP contribution in [0.3, 0.4) is 0 Å². The van der Waals surface area contributed by atoms with Gasteiger partial charge in [0.15, 0.2) is 0 Å². The fourth-order valence-electron chi connectivity index (χ4n) is 1.82. The molecule has 0 fully saturated rings. The van der Waals surface area contributed by atoms with Crippen LogP contribution in [0.4, 0.5) is 0 Å². The molecular weight excluding hydrogens is 132 g/mol. The Morgan fingerprint density at radius 3 is 2.91 bits per heavy atom. The van der Waals surface area contributed by atoms with E-state index in [0.29, 0.717) is 0 Å². The van der Waals surface area contributed by atoms with E-state index in [4.69, 9.17) is 0 Å². The molecule has 1 rings (SSSR count). The van der Waals surface area contributed by atoms with Gasteiger partial charge in [0.1, 0.15) is 0 Å². The lowest BCUT2D eigenvalue weighted by Crippen LogP contribution is -2.02. The fraction of sp³-hybridized carbons (Fsp3) is 0.818. The summed E-state index contributed by atoms with van der Waals surface area (Å²) in [4.78, 5) is 0. The predicted molar refractivity (Wildman–Crippen MR) is 50.6 cm³/mol. The third-order valence-electron chi connectivity index (χ3n) is 2.78. The summed E-state index contributed by atoms with van der Waals surface area (Å²) < 4.78 is 0. The zero-order valence-corrected chi connectivity index (χ0v) is 7.84. The average molecular weight is 152 g/mol. The van der Waals surface area contributed by atoms with Crippen LogP contribution in [0.5, 0.6) is 0 Å². The highest BCUT2D eigenvalue weighted by Crippen LogP contribution is 2.22. The molecule has 64 valence electrons. The van der Waals surface area contributed by atoms with Gasteiger partial charge in [-0.3, -0.25) is 0 Å². The average Bonchev–Trinajstić information content (AvgIpc) is 1.96. The van der Waals surface area contributed by atoms with Crippen LogP contribution in [-0.4, -0.2) is 0 Å². The van der Waals surface area contributed by atoms with Crippen LogP contribution >= 0.6 is 0 Å². The fourth-order valence-corrected chi connectivity index (χ4v) is 1.82. The third kappa shape index (κ3) is 3.09. The molecule has 2 atom stereocenters. The van der Waals surface area contributed by atoms with Gasteiger partial charge in [0.05, 0.1) is 0 Å². The summed E-state index contributed by atoms with van der Waals surface area (Å²) >= 11 is 0. The Hall–Kier alpha value is -0.260. The summed E-state index contributed by atoms with van der Waals surface area (Å²) in [6, 6.07) is 0. The lowest BCUT2D eigenvalue weighted by molar-refractivity contribution is 0.423. The van der Waals surface area contributed by atoms with Gasteiger partial charge < -0.3 is 0 Å². The maximum atomic E-state index is 2.39. The van der Waals surface area contributed by atoms with Gasteiger partial charge >= 0.3 is 0 Å². The minimum absolute atomic E-state index is 0.827. The summed E-state index contributed by atoms with van der Waals surface area (Å²) in [6.07, 6.45) is 11.7. The molecule has 0 saturated carbocycles. The molecule has 0 spiro atoms. The summed E-state index contributed by atoms with van der Waals surface area (Å²) in [6.45, 7) is 4.63. The second-order valence-electron chi connectivity index (χ2n) is 3.85. The molecule has 0 heterocycles. The van der Waals surface area contributed by atoms with E-state index in [2.05, 4.69) is 26.0 Å². The molecule has 11 heavy (non-hydrogen) atoms. The smallest absolute Gasteiger partial charge is 0.0262 e. The number of rotatable bonds is 1. The highest BCUT2D eigenvalue weighted by atomic mass is 14.1. The normalized spacial score (nSPS) is 35.8. The highest BCUT2D eigenvalue weighted by Gasteiger charge is 2.08. The van der Waals surface area contributed by atoms with Crippen molar-refractivity contribution in [1.29, 1.82) is 0 Å². The molecule has 0 aliphatic heterocycles. The Morgan fingerprint density at radius 2 is 2.18 bits per heavy atom. The molecule has 0 nitrogen and oxygen atoms in total. The lowest BCUT2D eigenvalue weighted by Gasteiger charge is -2.16. The molecule has 0 aromatic carbocycles. The van der Waals surface area contributed by atoms with E-state index in [0.717, 1.165) is 11.8 Å². The minimum Gasteiger partial charge on any atom is -0.0880 e. The van der Waals surface area contributed by atoms with Crippen LogP contribution in [0.2, 0.25) is 0 Å². The van der Waals surface area contributed by atoms with Crippen molar-refractivity contribution < 1.29 is 0 Å². The largest absolute Gasteiger partial charge is 0.0880 e. The van der Waals surface area contributed by atoms with Crippen molar-refractivity contribution in [3.8, 4) is 0 Å². The van der Waals surface area contributed by atoms with Gasteiger partial charge in [-0.25, -0.2) is 0 Å². The molecule has 1 aliphatic rings. The second-order valence-corrected chi connectivity index (χ2v) is 3.85. The SMILES string of the molecule is CCC1C/C=C/C(C)CCC1. The molecular formula is C11H20. The molecule has 0 amide bonds. The monoisotopic (exact) mass is 152 g/mol. The molecule has 0 N–H and O–H groups in total. The van der Waals surface area contributed by atoms with Gasteiger partial charge in [-0.2, -0.15) is 0 Å². The van der Waals surface area contributed by atoms with E-state index in [1.165, 1.54) is 32.1 Å². The van der Waals surface area contributed by atoms with Crippen LogP contribution in [0.15, 0.2) is 12.2 Å². The van der Waals surface area contributed by atoms with E-state index in [-0.39, 0.29) is 0 Å². The van der Waals surface area contributed by atoms with Crippen molar-refractivity contribution in [3.63, 3.8) is 0 Å². The Morgan fingerprint density at radius 1 is 1.36 bits per heavy atom. The van der Waals surface area contributed by atoms with E-state index >= 15 is 0 Å². The minimum atomic E-state index is 0.827. The number of allylic oxidation sites excluding steroid dienone is 2. The summed E-state index contributed by atoms with van der Waals surface area (Å²) in [5.41, 5.74) is 0. The quantitative estimate of drug-likeness (QED) is 0.502. The Kier molecular flexibility index (Phi) is 3.68. The van der Waals surface area contributed by atoms with Crippen molar-refractivity contribution in [2.45, 2.75) is 46.0 Å². The summed E-state index contributed by atoms with van der Waals surface area (Å²) in [7, 11) is 0. The first-order chi connectivity index (χ1) is 5.33. The molecule has 0 saturated heterocycles. The summed E-state index contributed by atoms with van der Waals surface area (Å²) in [5.74, 6) is 1.80. The number of hydrogen-bond acceptors (Lipinski definition) is 0. The first kappa shape index (κ1) is 8.83. The van der Waals surface area contributed by atoms with E-state index in [1.54, 1.807) is 0 Å². The van der Waals surface area contributed by atoms with Crippen LogP contribution in [0.25, 0.3) is 0 Å². The Bertz CT molecular complexity index is 124. The maximum Gasteiger partial charge on any atom is -0.0262 e. The first-order valence-corrected chi connectivity index (χ1v) is 4.99. The Labute approximate surface area is 70.7 Å². The molecule has 1 aliphatic carbocycles. The van der Waals surface area contributed by atoms with Crippen molar-refractivity contribution in [2.75, 3.05) is 0 Å². The van der Waals surface area contributed by atoms with Gasteiger partial charge in [-0.05, 0) is 24.7 Å². The van der Waals surface area contributed by atoms with Gasteiger partial charge in [-0.15, -0.1) is 0 Å². The zero-order valence-electron chi connectivity index (χ0n) is 7.84. The highest BCUT2D eigenvalue weighted by molar-refractivity contribution is 4.89. The van der Waals surface area contributed by atoms with Crippen LogP contribution in [-0.2, 0) is 0 Å². The first-order valence-electron chi connectivity index (χ1n) is 4.99. The Balaban J connectivity index is 2.38. The van der Waals surface area contributed by atoms with Gasteiger partial charge in [-0.1, -0.05) is 45.3 Å². The van der Waals surface area contributed by atoms with Crippen molar-refractivity contribution in [2.24, 2.45) is 11.8 Å². The predicted octanol–water partition coefficient (Wildman–Crippen LogP) is 3.78. The van der Waals surface area contributed by atoms with Gasteiger partial charge in [0, 0.05) is 0 Å². The molecule has 0 bridgehead atoms. The van der Waals surface area contributed by atoms with Crippen LogP contribution in [0.1, 0.15) is 46.0 Å². The standard InChI is InChI=1S/C11H20/c1-3-11-8-4-6-10(2)7-5-9-11/h4,6,10-11H,3,5,7-9H2,1-2H3/b6-4+. The number of hydrogen-bond donors (Lipinski definition) is 0. The van der Waals surface area contributed by atoms with Crippen molar-refractivity contribution in [3.05, 3.63) is 12.2 Å². The van der Waals surface area contributed by atoms with Crippen LogP contribution in [0, 0.1) is 11.8 Å². The topological polar surface area (TPSA) is 0 Å². The lowest BCUT2D eigenvalue weighted by atomic mass is 9.90.